The van der Waals surface area contributed by atoms with E-state index in [0.29, 0.717) is 11.5 Å². The van der Waals surface area contributed by atoms with E-state index >= 15 is 0 Å². The molecule has 5 aromatic carbocycles. The van der Waals surface area contributed by atoms with Gasteiger partial charge in [0.25, 0.3) is 0 Å². The Morgan fingerprint density at radius 2 is 0.727 bits per heavy atom. The van der Waals surface area contributed by atoms with Crippen LogP contribution in [0.25, 0.3) is 0 Å². The fourth-order valence-electron chi connectivity index (χ4n) is 4.30. The van der Waals surface area contributed by atoms with Crippen LogP contribution in [0.3, 0.4) is 0 Å². The van der Waals surface area contributed by atoms with Crippen molar-refractivity contribution >= 4 is 69.5 Å². The molecule has 0 heterocycles. The summed E-state index contributed by atoms with van der Waals surface area (Å²) in [5.74, 6) is 2.22. The number of para-hydroxylation sites is 2. The Hall–Kier alpha value is -4.66. The van der Waals surface area contributed by atoms with Crippen LogP contribution in [0.15, 0.2) is 133 Å². The van der Waals surface area contributed by atoms with Gasteiger partial charge in [-0.05, 0) is 83.9 Å². The summed E-state index contributed by atoms with van der Waals surface area (Å²) in [6.45, 7) is 0. The Morgan fingerprint density at radius 3 is 1.09 bits per heavy atom. The lowest BCUT2D eigenvalue weighted by Crippen LogP contribution is -2.14. The number of nitrogens with one attached hydrogen (secondary N) is 4. The first-order valence-corrected chi connectivity index (χ1v) is 16.6. The molecule has 222 valence electrons. The Bertz CT molecular complexity index is 1490. The van der Waals surface area contributed by atoms with Gasteiger partial charge in [-0.2, -0.15) is 0 Å². The van der Waals surface area contributed by atoms with Crippen molar-refractivity contribution in [3.63, 3.8) is 0 Å². The molecule has 0 atom stereocenters. The van der Waals surface area contributed by atoms with Crippen LogP contribution in [0.5, 0.6) is 0 Å². The molecule has 0 bridgehead atoms. The van der Waals surface area contributed by atoms with Crippen LogP contribution in [0.1, 0.15) is 11.1 Å². The number of anilines is 6. The van der Waals surface area contributed by atoms with Crippen molar-refractivity contribution in [1.29, 1.82) is 0 Å². The maximum Gasteiger partial charge on any atom is 0.234 e. The third kappa shape index (κ3) is 10.3. The number of hydrogen-bond acceptors (Lipinski definition) is 6. The first-order chi connectivity index (χ1) is 21.6. The van der Waals surface area contributed by atoms with E-state index < -0.39 is 0 Å². The van der Waals surface area contributed by atoms with Gasteiger partial charge < -0.3 is 21.3 Å². The van der Waals surface area contributed by atoms with E-state index in [1.54, 1.807) is 23.5 Å². The van der Waals surface area contributed by atoms with Gasteiger partial charge in [0, 0.05) is 45.6 Å². The standard InChI is InChI=1S/C36H34N4O2S2/c41-35(39-33-19-15-31(16-20-33)37-29-7-3-1-4-8-29)25-43-23-27-11-13-28(14-12-27)24-44-26-36(42)40-34-21-17-32(18-22-34)38-30-9-5-2-6-10-30/h1-22,37-38H,23-26H2,(H,39,41)(H,40,42). The Balaban J connectivity index is 0.957. The summed E-state index contributed by atoms with van der Waals surface area (Å²) in [5.41, 5.74) is 7.85. The molecular formula is C36H34N4O2S2. The topological polar surface area (TPSA) is 82.3 Å². The van der Waals surface area contributed by atoms with Crippen LogP contribution in [-0.4, -0.2) is 23.3 Å². The van der Waals surface area contributed by atoms with Crippen molar-refractivity contribution in [2.24, 2.45) is 0 Å². The van der Waals surface area contributed by atoms with Crippen molar-refractivity contribution in [2.45, 2.75) is 11.5 Å². The summed E-state index contributed by atoms with van der Waals surface area (Å²) >= 11 is 3.16. The molecule has 44 heavy (non-hydrogen) atoms. The molecule has 0 saturated carbocycles. The van der Waals surface area contributed by atoms with Gasteiger partial charge in [0.15, 0.2) is 0 Å². The summed E-state index contributed by atoms with van der Waals surface area (Å²) in [4.78, 5) is 24.8. The monoisotopic (exact) mass is 618 g/mol. The quantitative estimate of drug-likeness (QED) is 0.0995. The molecule has 0 radical (unpaired) electrons. The zero-order valence-electron chi connectivity index (χ0n) is 24.2. The third-order valence-corrected chi connectivity index (χ3v) is 8.50. The van der Waals surface area contributed by atoms with Crippen LogP contribution >= 0.6 is 23.5 Å². The highest BCUT2D eigenvalue weighted by molar-refractivity contribution is 7.99. The molecular weight excluding hydrogens is 585 g/mol. The van der Waals surface area contributed by atoms with Gasteiger partial charge in [-0.3, -0.25) is 9.59 Å². The number of carbonyl (C=O) groups excluding carboxylic acids is 2. The van der Waals surface area contributed by atoms with Crippen LogP contribution in [0.2, 0.25) is 0 Å². The number of hydrogen-bond donors (Lipinski definition) is 4. The van der Waals surface area contributed by atoms with Gasteiger partial charge in [0.2, 0.25) is 11.8 Å². The zero-order chi connectivity index (χ0) is 30.4. The molecule has 0 aliphatic rings. The Kier molecular flexibility index (Phi) is 11.4. The summed E-state index contributed by atoms with van der Waals surface area (Å²) < 4.78 is 0. The second-order valence-electron chi connectivity index (χ2n) is 10.0. The number of rotatable bonds is 14. The summed E-state index contributed by atoms with van der Waals surface area (Å²) in [7, 11) is 0. The van der Waals surface area contributed by atoms with E-state index in [1.807, 2.05) is 109 Å². The van der Waals surface area contributed by atoms with Gasteiger partial charge in [0.1, 0.15) is 0 Å². The second kappa shape index (κ2) is 16.3. The van der Waals surface area contributed by atoms with Crippen LogP contribution in [-0.2, 0) is 21.1 Å². The van der Waals surface area contributed by atoms with E-state index in [1.165, 1.54) is 0 Å². The summed E-state index contributed by atoms with van der Waals surface area (Å²) in [6, 6.07) is 43.7. The van der Waals surface area contributed by atoms with Gasteiger partial charge >= 0.3 is 0 Å². The minimum atomic E-state index is -0.0233. The molecule has 0 fully saturated rings. The molecule has 0 saturated heterocycles. The summed E-state index contributed by atoms with van der Waals surface area (Å²) in [6.07, 6.45) is 0. The van der Waals surface area contributed by atoms with Gasteiger partial charge in [-0.1, -0.05) is 60.7 Å². The zero-order valence-corrected chi connectivity index (χ0v) is 25.8. The fraction of sp³-hybridized carbons (Fsp3) is 0.111. The first-order valence-electron chi connectivity index (χ1n) is 14.3. The first kappa shape index (κ1) is 30.8. The van der Waals surface area contributed by atoms with E-state index in [-0.39, 0.29) is 11.8 Å². The molecule has 6 nitrogen and oxygen atoms in total. The van der Waals surface area contributed by atoms with Crippen LogP contribution in [0, 0.1) is 0 Å². The lowest BCUT2D eigenvalue weighted by Gasteiger charge is -2.09. The lowest BCUT2D eigenvalue weighted by atomic mass is 10.2. The lowest BCUT2D eigenvalue weighted by molar-refractivity contribution is -0.114. The van der Waals surface area contributed by atoms with Crippen molar-refractivity contribution in [3.8, 4) is 0 Å². The molecule has 0 spiro atoms. The van der Waals surface area contributed by atoms with Crippen LogP contribution in [0.4, 0.5) is 34.1 Å². The molecule has 4 N–H and O–H groups in total. The fourth-order valence-corrected chi connectivity index (χ4v) is 5.87. The number of thioether (sulfide) groups is 2. The van der Waals surface area contributed by atoms with E-state index in [4.69, 9.17) is 0 Å². The number of amides is 2. The van der Waals surface area contributed by atoms with Gasteiger partial charge in [0.05, 0.1) is 11.5 Å². The normalized spacial score (nSPS) is 10.5. The summed E-state index contributed by atoms with van der Waals surface area (Å²) in [5, 5.41) is 12.6. The van der Waals surface area contributed by atoms with Crippen molar-refractivity contribution in [1.82, 2.24) is 0 Å². The SMILES string of the molecule is O=C(CSCc1ccc(CSCC(=O)Nc2ccc(Nc3ccccc3)cc2)cc1)Nc1ccc(Nc2ccccc2)cc1. The maximum absolute atomic E-state index is 12.4. The van der Waals surface area contributed by atoms with Gasteiger partial charge in [-0.15, -0.1) is 23.5 Å². The molecule has 2 amide bonds. The van der Waals surface area contributed by atoms with E-state index in [0.717, 1.165) is 56.8 Å². The Labute approximate surface area is 267 Å². The molecule has 5 aromatic rings. The van der Waals surface area contributed by atoms with Gasteiger partial charge in [-0.25, -0.2) is 0 Å². The van der Waals surface area contributed by atoms with E-state index in [2.05, 4.69) is 45.5 Å². The predicted octanol–water partition coefficient (Wildman–Crippen LogP) is 8.92. The van der Waals surface area contributed by atoms with Crippen molar-refractivity contribution in [3.05, 3.63) is 145 Å². The smallest absolute Gasteiger partial charge is 0.234 e. The predicted molar refractivity (Wildman–Crippen MR) is 188 cm³/mol. The number of carbonyl (C=O) groups is 2. The maximum atomic E-state index is 12.4. The Morgan fingerprint density at radius 1 is 0.409 bits per heavy atom. The molecule has 0 unspecified atom stereocenters. The highest BCUT2D eigenvalue weighted by Gasteiger charge is 2.06. The molecule has 5 rings (SSSR count). The third-order valence-electron chi connectivity index (χ3n) is 6.49. The molecule has 0 aromatic heterocycles. The molecule has 0 aliphatic heterocycles. The minimum Gasteiger partial charge on any atom is -0.356 e. The minimum absolute atomic E-state index is 0.0233. The highest BCUT2D eigenvalue weighted by atomic mass is 32.2. The molecule has 8 heteroatoms. The molecule has 0 aliphatic carbocycles. The average molecular weight is 619 g/mol. The van der Waals surface area contributed by atoms with Crippen molar-refractivity contribution < 1.29 is 9.59 Å². The second-order valence-corrected chi connectivity index (χ2v) is 12.0. The highest BCUT2D eigenvalue weighted by Crippen LogP contribution is 2.21. The van der Waals surface area contributed by atoms with Crippen LogP contribution < -0.4 is 21.3 Å². The van der Waals surface area contributed by atoms with E-state index in [9.17, 15) is 9.59 Å². The van der Waals surface area contributed by atoms with Crippen molar-refractivity contribution in [2.75, 3.05) is 32.8 Å². The average Bonchev–Trinajstić information content (AvgIpc) is 3.05. The number of benzene rings is 5. The largest absolute Gasteiger partial charge is 0.356 e.